The average molecular weight is 452 g/mol. The standard InChI is InChI=1S/C27H37N3O3/c1-3-33-27(32)21-29(2)24-17-19-30(20-18-24)25-15-13-23(14-16-25)28-26(31)12-8-7-11-22-9-5-4-6-10-22/h4-6,9-10,13-16,24H,3,7-8,11-12,17-21H2,1-2H3,(H,28,31). The molecule has 178 valence electrons. The minimum atomic E-state index is -0.156. The van der Waals surface area contributed by atoms with E-state index in [1.807, 2.05) is 32.2 Å². The second kappa shape index (κ2) is 13.0. The molecular formula is C27H37N3O3. The topological polar surface area (TPSA) is 61.9 Å². The largest absolute Gasteiger partial charge is 0.465 e. The van der Waals surface area contributed by atoms with Crippen molar-refractivity contribution in [3.05, 3.63) is 60.2 Å². The number of piperidine rings is 1. The highest BCUT2D eigenvalue weighted by molar-refractivity contribution is 5.90. The lowest BCUT2D eigenvalue weighted by atomic mass is 10.0. The van der Waals surface area contributed by atoms with Gasteiger partial charge in [0.15, 0.2) is 0 Å². The fourth-order valence-electron chi connectivity index (χ4n) is 4.34. The number of likely N-dealkylation sites (N-methyl/N-ethyl adjacent to an activating group) is 1. The van der Waals surface area contributed by atoms with E-state index in [1.54, 1.807) is 0 Å². The molecule has 0 spiro atoms. The summed E-state index contributed by atoms with van der Waals surface area (Å²) in [6, 6.07) is 18.9. The molecule has 0 radical (unpaired) electrons. The predicted octanol–water partition coefficient (Wildman–Crippen LogP) is 4.50. The monoisotopic (exact) mass is 451 g/mol. The van der Waals surface area contributed by atoms with E-state index in [0.29, 0.717) is 25.6 Å². The first-order valence-corrected chi connectivity index (χ1v) is 12.1. The van der Waals surface area contributed by atoms with Gasteiger partial charge < -0.3 is 15.0 Å². The highest BCUT2D eigenvalue weighted by Gasteiger charge is 2.24. The zero-order valence-corrected chi connectivity index (χ0v) is 20.0. The SMILES string of the molecule is CCOC(=O)CN(C)C1CCN(c2ccc(NC(=O)CCCCc3ccccc3)cc2)CC1. The number of benzene rings is 2. The molecule has 1 aliphatic rings. The van der Waals surface area contributed by atoms with Crippen molar-refractivity contribution in [1.29, 1.82) is 0 Å². The second-order valence-electron chi connectivity index (χ2n) is 8.73. The summed E-state index contributed by atoms with van der Waals surface area (Å²) in [5.74, 6) is -0.0856. The van der Waals surface area contributed by atoms with Gasteiger partial charge in [-0.25, -0.2) is 0 Å². The van der Waals surface area contributed by atoms with Gasteiger partial charge in [-0.2, -0.15) is 0 Å². The van der Waals surface area contributed by atoms with Gasteiger partial charge in [0.1, 0.15) is 0 Å². The first kappa shape index (κ1) is 24.8. The fourth-order valence-corrected chi connectivity index (χ4v) is 4.34. The van der Waals surface area contributed by atoms with Crippen molar-refractivity contribution in [2.24, 2.45) is 0 Å². The molecule has 1 amide bonds. The lowest BCUT2D eigenvalue weighted by Crippen LogP contribution is -2.45. The highest BCUT2D eigenvalue weighted by Crippen LogP contribution is 2.24. The van der Waals surface area contributed by atoms with Crippen LogP contribution in [-0.4, -0.2) is 56.1 Å². The third kappa shape index (κ3) is 8.21. The molecule has 0 atom stereocenters. The van der Waals surface area contributed by atoms with E-state index in [-0.39, 0.29) is 11.9 Å². The van der Waals surface area contributed by atoms with E-state index in [1.165, 1.54) is 11.3 Å². The van der Waals surface area contributed by atoms with Crippen LogP contribution >= 0.6 is 0 Å². The van der Waals surface area contributed by atoms with Crippen molar-refractivity contribution in [2.45, 2.75) is 51.5 Å². The van der Waals surface area contributed by atoms with Crippen molar-refractivity contribution >= 4 is 23.3 Å². The van der Waals surface area contributed by atoms with Gasteiger partial charge in [0, 0.05) is 36.9 Å². The number of hydrogen-bond donors (Lipinski definition) is 1. The summed E-state index contributed by atoms with van der Waals surface area (Å²) in [6.07, 6.45) is 5.48. The molecule has 1 saturated heterocycles. The molecule has 2 aromatic rings. The van der Waals surface area contributed by atoms with Crippen molar-refractivity contribution in [3.8, 4) is 0 Å². The van der Waals surface area contributed by atoms with Gasteiger partial charge in [-0.3, -0.25) is 14.5 Å². The molecule has 2 aromatic carbocycles. The Morgan fingerprint density at radius 1 is 1.03 bits per heavy atom. The Bertz CT molecular complexity index is 862. The molecule has 0 aliphatic carbocycles. The molecule has 1 N–H and O–H groups in total. The van der Waals surface area contributed by atoms with Gasteiger partial charge >= 0.3 is 5.97 Å². The number of esters is 1. The third-order valence-corrected chi connectivity index (χ3v) is 6.25. The third-order valence-electron chi connectivity index (χ3n) is 6.25. The fraction of sp³-hybridized carbons (Fsp3) is 0.481. The maximum absolute atomic E-state index is 12.3. The zero-order valence-electron chi connectivity index (χ0n) is 20.0. The quantitative estimate of drug-likeness (QED) is 0.403. The molecular weight excluding hydrogens is 414 g/mol. The average Bonchev–Trinajstić information content (AvgIpc) is 2.83. The van der Waals surface area contributed by atoms with E-state index in [0.717, 1.165) is 50.9 Å². The number of rotatable bonds is 11. The summed E-state index contributed by atoms with van der Waals surface area (Å²) < 4.78 is 5.06. The van der Waals surface area contributed by atoms with Gasteiger partial charge in [0.25, 0.3) is 0 Å². The van der Waals surface area contributed by atoms with Crippen LogP contribution in [0.25, 0.3) is 0 Å². The normalized spacial score (nSPS) is 14.3. The minimum absolute atomic E-state index is 0.0706. The summed E-state index contributed by atoms with van der Waals surface area (Å²) in [4.78, 5) is 28.5. The number of unbranched alkanes of at least 4 members (excludes halogenated alkanes) is 1. The van der Waals surface area contributed by atoms with Crippen LogP contribution in [0.2, 0.25) is 0 Å². The Hall–Kier alpha value is -2.86. The molecule has 0 aromatic heterocycles. The molecule has 1 aliphatic heterocycles. The molecule has 3 rings (SSSR count). The van der Waals surface area contributed by atoms with Crippen LogP contribution in [0.5, 0.6) is 0 Å². The van der Waals surface area contributed by atoms with E-state index in [9.17, 15) is 9.59 Å². The predicted molar refractivity (Wildman–Crippen MR) is 134 cm³/mol. The minimum Gasteiger partial charge on any atom is -0.465 e. The Morgan fingerprint density at radius 2 is 1.73 bits per heavy atom. The number of ether oxygens (including phenoxy) is 1. The first-order valence-electron chi connectivity index (χ1n) is 12.1. The van der Waals surface area contributed by atoms with Crippen molar-refractivity contribution < 1.29 is 14.3 Å². The lowest BCUT2D eigenvalue weighted by Gasteiger charge is -2.37. The summed E-state index contributed by atoms with van der Waals surface area (Å²) in [6.45, 7) is 4.51. The maximum Gasteiger partial charge on any atom is 0.320 e. The van der Waals surface area contributed by atoms with Crippen LogP contribution in [0.4, 0.5) is 11.4 Å². The van der Waals surface area contributed by atoms with Crippen molar-refractivity contribution in [2.75, 3.05) is 43.5 Å². The molecule has 0 unspecified atom stereocenters. The molecule has 0 saturated carbocycles. The lowest BCUT2D eigenvalue weighted by molar-refractivity contribution is -0.144. The van der Waals surface area contributed by atoms with E-state index < -0.39 is 0 Å². The second-order valence-corrected chi connectivity index (χ2v) is 8.73. The Balaban J connectivity index is 1.36. The van der Waals surface area contributed by atoms with Gasteiger partial charge in [-0.05, 0) is 75.9 Å². The number of carbonyl (C=O) groups is 2. The van der Waals surface area contributed by atoms with Gasteiger partial charge in [-0.15, -0.1) is 0 Å². The molecule has 1 heterocycles. The van der Waals surface area contributed by atoms with Crippen LogP contribution in [-0.2, 0) is 20.7 Å². The number of aryl methyl sites for hydroxylation is 1. The zero-order chi connectivity index (χ0) is 23.5. The molecule has 33 heavy (non-hydrogen) atoms. The molecule has 6 heteroatoms. The number of nitrogens with zero attached hydrogens (tertiary/aromatic N) is 2. The highest BCUT2D eigenvalue weighted by atomic mass is 16.5. The van der Waals surface area contributed by atoms with Crippen molar-refractivity contribution in [1.82, 2.24) is 4.90 Å². The summed E-state index contributed by atoms with van der Waals surface area (Å²) in [7, 11) is 2.00. The van der Waals surface area contributed by atoms with Crippen molar-refractivity contribution in [3.63, 3.8) is 0 Å². The molecule has 1 fully saturated rings. The van der Waals surface area contributed by atoms with E-state index in [2.05, 4.69) is 51.5 Å². The van der Waals surface area contributed by atoms with Gasteiger partial charge in [0.05, 0.1) is 13.2 Å². The molecule has 6 nitrogen and oxygen atoms in total. The maximum atomic E-state index is 12.3. The molecule has 0 bridgehead atoms. The summed E-state index contributed by atoms with van der Waals surface area (Å²) in [5, 5.41) is 3.01. The van der Waals surface area contributed by atoms with Crippen LogP contribution in [0.1, 0.15) is 44.6 Å². The van der Waals surface area contributed by atoms with Gasteiger partial charge in [0.2, 0.25) is 5.91 Å². The van der Waals surface area contributed by atoms with E-state index in [4.69, 9.17) is 4.74 Å². The number of amides is 1. The summed E-state index contributed by atoms with van der Waals surface area (Å²) >= 11 is 0. The van der Waals surface area contributed by atoms with Crippen LogP contribution in [0.15, 0.2) is 54.6 Å². The Labute approximate surface area is 197 Å². The Morgan fingerprint density at radius 3 is 2.39 bits per heavy atom. The smallest absolute Gasteiger partial charge is 0.320 e. The number of carbonyl (C=O) groups excluding carboxylic acids is 2. The number of hydrogen-bond acceptors (Lipinski definition) is 5. The van der Waals surface area contributed by atoms with Crippen LogP contribution in [0, 0.1) is 0 Å². The van der Waals surface area contributed by atoms with E-state index >= 15 is 0 Å². The number of anilines is 2. The van der Waals surface area contributed by atoms with Crippen LogP contribution in [0.3, 0.4) is 0 Å². The van der Waals surface area contributed by atoms with Gasteiger partial charge in [-0.1, -0.05) is 30.3 Å². The number of nitrogens with one attached hydrogen (secondary N) is 1. The Kier molecular flexibility index (Phi) is 9.76. The summed E-state index contributed by atoms with van der Waals surface area (Å²) in [5.41, 5.74) is 3.33. The first-order chi connectivity index (χ1) is 16.0. The van der Waals surface area contributed by atoms with Crippen LogP contribution < -0.4 is 10.2 Å².